The van der Waals surface area contributed by atoms with Crippen molar-refractivity contribution in [1.82, 2.24) is 14.5 Å². The van der Waals surface area contributed by atoms with Crippen LogP contribution in [-0.2, 0) is 6.54 Å². The molecule has 0 radical (unpaired) electrons. The van der Waals surface area contributed by atoms with E-state index in [9.17, 15) is 9.90 Å². The molecule has 0 unspecified atom stereocenters. The van der Waals surface area contributed by atoms with Crippen LogP contribution in [0.4, 0.5) is 5.82 Å². The highest BCUT2D eigenvalue weighted by Crippen LogP contribution is 2.21. The Morgan fingerprint density at radius 3 is 2.75 bits per heavy atom. The van der Waals surface area contributed by atoms with E-state index < -0.39 is 5.91 Å². The van der Waals surface area contributed by atoms with Crippen LogP contribution in [0.2, 0.25) is 5.15 Å². The molecule has 1 amide bonds. The summed E-state index contributed by atoms with van der Waals surface area (Å²) < 4.78 is 3.28. The number of aromatic hydroxyl groups is 1. The molecule has 140 valence electrons. The van der Waals surface area contributed by atoms with Crippen LogP contribution in [0.25, 0.3) is 5.65 Å². The normalized spacial score (nSPS) is 10.9. The molecule has 0 spiro atoms. The molecule has 0 fully saturated rings. The third kappa shape index (κ3) is 3.39. The molecule has 0 saturated heterocycles. The second-order valence-corrected chi connectivity index (χ2v) is 6.74. The first-order valence-electron chi connectivity index (χ1n) is 8.59. The monoisotopic (exact) mass is 394 g/mol. The number of pyridine rings is 3. The zero-order valence-electron chi connectivity index (χ0n) is 15.0. The topological polar surface area (TPSA) is 84.1 Å². The number of aryl methyl sites for hydroxylation is 1. The smallest absolute Gasteiger partial charge is 0.337 e. The number of rotatable bonds is 4. The van der Waals surface area contributed by atoms with Gasteiger partial charge in [0, 0.05) is 24.0 Å². The average Bonchev–Trinajstić information content (AvgIpc) is 2.97. The maximum atomic E-state index is 12.9. The summed E-state index contributed by atoms with van der Waals surface area (Å²) in [7, 11) is 0. The van der Waals surface area contributed by atoms with Gasteiger partial charge in [0.25, 0.3) is 11.3 Å². The number of imidazole rings is 1. The van der Waals surface area contributed by atoms with Gasteiger partial charge in [-0.25, -0.2) is 9.97 Å². The molecule has 0 aliphatic heterocycles. The van der Waals surface area contributed by atoms with Gasteiger partial charge >= 0.3 is 11.8 Å². The van der Waals surface area contributed by atoms with Crippen molar-refractivity contribution in [3.05, 3.63) is 83.0 Å². The number of fused-ring (bicyclic) bond motifs is 1. The van der Waals surface area contributed by atoms with E-state index in [1.54, 1.807) is 45.8 Å². The predicted molar refractivity (Wildman–Crippen MR) is 105 cm³/mol. The third-order valence-electron chi connectivity index (χ3n) is 4.32. The van der Waals surface area contributed by atoms with Crippen molar-refractivity contribution in [2.75, 3.05) is 5.32 Å². The van der Waals surface area contributed by atoms with E-state index in [-0.39, 0.29) is 11.6 Å². The summed E-state index contributed by atoms with van der Waals surface area (Å²) in [6, 6.07) is 12.5. The molecule has 2 N–H and O–H groups in total. The second kappa shape index (κ2) is 7.28. The van der Waals surface area contributed by atoms with Gasteiger partial charge in [0.1, 0.15) is 17.5 Å². The minimum atomic E-state index is -0.456. The molecule has 28 heavy (non-hydrogen) atoms. The van der Waals surface area contributed by atoms with Gasteiger partial charge in [-0.05, 0) is 30.7 Å². The van der Waals surface area contributed by atoms with E-state index in [4.69, 9.17) is 11.6 Å². The lowest BCUT2D eigenvalue weighted by molar-refractivity contribution is -0.513. The molecule has 8 heteroatoms. The van der Waals surface area contributed by atoms with Crippen LogP contribution in [0, 0.1) is 6.92 Å². The number of anilines is 1. The number of halogens is 1. The van der Waals surface area contributed by atoms with Crippen molar-refractivity contribution in [3.63, 3.8) is 0 Å². The lowest BCUT2D eigenvalue weighted by Crippen LogP contribution is -2.30. The Hall–Kier alpha value is -3.45. The lowest BCUT2D eigenvalue weighted by Gasteiger charge is -2.02. The molecular weight excluding hydrogens is 378 g/mol. The lowest BCUT2D eigenvalue weighted by atomic mass is 10.3. The Morgan fingerprint density at radius 2 is 2.04 bits per heavy atom. The number of nitrogens with one attached hydrogen (secondary N) is 1. The molecule has 7 nitrogen and oxygen atoms in total. The summed E-state index contributed by atoms with van der Waals surface area (Å²) in [4.78, 5) is 21.1. The molecule has 0 bridgehead atoms. The van der Waals surface area contributed by atoms with E-state index in [2.05, 4.69) is 15.3 Å². The zero-order valence-corrected chi connectivity index (χ0v) is 15.8. The van der Waals surface area contributed by atoms with Crippen LogP contribution < -0.4 is 9.72 Å². The molecule has 0 aromatic carbocycles. The summed E-state index contributed by atoms with van der Waals surface area (Å²) >= 11 is 5.84. The van der Waals surface area contributed by atoms with Crippen LogP contribution in [-0.4, -0.2) is 25.5 Å². The minimum Gasteiger partial charge on any atom is -0.474 e. The number of hydrogen-bond acceptors (Lipinski definition) is 4. The molecule has 4 aromatic heterocycles. The van der Waals surface area contributed by atoms with Gasteiger partial charge in [-0.2, -0.15) is 8.97 Å². The van der Waals surface area contributed by atoms with E-state index in [1.807, 2.05) is 31.2 Å². The highest BCUT2D eigenvalue weighted by Gasteiger charge is 2.31. The predicted octanol–water partition coefficient (Wildman–Crippen LogP) is 2.98. The highest BCUT2D eigenvalue weighted by atomic mass is 35.5. The Kier molecular flexibility index (Phi) is 4.67. The maximum Gasteiger partial charge on any atom is 0.337 e. The Balaban J connectivity index is 1.74. The van der Waals surface area contributed by atoms with E-state index in [1.165, 1.54) is 0 Å². The van der Waals surface area contributed by atoms with Gasteiger partial charge in [-0.3, -0.25) is 4.79 Å². The standard InChI is InChI=1S/C20H16ClN5O2/c1-13-5-8-16(23-10-13)24-19(27)18-20(28)26(17-4-2-3-9-25(17)18)12-14-6-7-15(21)22-11-14/h2-11H,12H2,1H3,(H-,23,24,27,28)/p+1. The van der Waals surface area contributed by atoms with Crippen LogP contribution in [0.1, 0.15) is 21.6 Å². The fourth-order valence-corrected chi connectivity index (χ4v) is 3.07. The summed E-state index contributed by atoms with van der Waals surface area (Å²) in [5.41, 5.74) is 2.62. The number of nitrogens with zero attached hydrogens (tertiary/aromatic N) is 4. The van der Waals surface area contributed by atoms with Gasteiger partial charge < -0.3 is 10.4 Å². The highest BCUT2D eigenvalue weighted by molar-refractivity contribution is 6.29. The van der Waals surface area contributed by atoms with Crippen molar-refractivity contribution < 1.29 is 14.3 Å². The first kappa shape index (κ1) is 17.9. The zero-order chi connectivity index (χ0) is 19.7. The first-order chi connectivity index (χ1) is 13.5. The van der Waals surface area contributed by atoms with Crippen LogP contribution >= 0.6 is 11.6 Å². The van der Waals surface area contributed by atoms with Gasteiger partial charge in [0.15, 0.2) is 0 Å². The maximum absolute atomic E-state index is 12.9. The second-order valence-electron chi connectivity index (χ2n) is 6.35. The third-order valence-corrected chi connectivity index (χ3v) is 4.54. The van der Waals surface area contributed by atoms with Crippen LogP contribution in [0.15, 0.2) is 61.1 Å². The van der Waals surface area contributed by atoms with Crippen molar-refractivity contribution in [1.29, 1.82) is 0 Å². The molecule has 0 saturated carbocycles. The van der Waals surface area contributed by atoms with Crippen LogP contribution in [0.3, 0.4) is 0 Å². The summed E-state index contributed by atoms with van der Waals surface area (Å²) in [6.45, 7) is 2.25. The van der Waals surface area contributed by atoms with Crippen molar-refractivity contribution in [3.8, 4) is 5.88 Å². The van der Waals surface area contributed by atoms with Crippen molar-refractivity contribution >= 4 is 29.0 Å². The molecule has 0 aliphatic rings. The molecule has 4 rings (SSSR count). The van der Waals surface area contributed by atoms with E-state index in [0.29, 0.717) is 23.2 Å². The quantitative estimate of drug-likeness (QED) is 0.411. The molecule has 4 aromatic rings. The first-order valence-corrected chi connectivity index (χ1v) is 8.97. The van der Waals surface area contributed by atoms with Gasteiger partial charge in [0.2, 0.25) is 0 Å². The number of carbonyl (C=O) groups is 1. The van der Waals surface area contributed by atoms with Crippen molar-refractivity contribution in [2.45, 2.75) is 13.5 Å². The largest absolute Gasteiger partial charge is 0.474 e. The number of amides is 1. The number of aromatic nitrogens is 4. The Morgan fingerprint density at radius 1 is 1.18 bits per heavy atom. The van der Waals surface area contributed by atoms with Gasteiger partial charge in [-0.1, -0.05) is 29.8 Å². The number of carbonyl (C=O) groups excluding carboxylic acids is 1. The Bertz CT molecular complexity index is 1150. The summed E-state index contributed by atoms with van der Waals surface area (Å²) in [5.74, 6) is -0.192. The molecule has 0 aliphatic carbocycles. The Labute approximate surface area is 165 Å². The number of hydrogen-bond donors (Lipinski definition) is 2. The van der Waals surface area contributed by atoms with Gasteiger partial charge in [0.05, 0.1) is 6.20 Å². The van der Waals surface area contributed by atoms with E-state index >= 15 is 0 Å². The van der Waals surface area contributed by atoms with Gasteiger partial charge in [-0.15, -0.1) is 0 Å². The van der Waals surface area contributed by atoms with Crippen molar-refractivity contribution in [2.24, 2.45) is 0 Å². The van der Waals surface area contributed by atoms with Crippen LogP contribution in [0.5, 0.6) is 5.88 Å². The minimum absolute atomic E-state index is 0.125. The van der Waals surface area contributed by atoms with E-state index in [0.717, 1.165) is 11.1 Å². The molecular formula is C20H17ClN5O2+. The fraction of sp³-hybridized carbons (Fsp3) is 0.100. The SMILES string of the molecule is Cc1ccc(NC(=O)c2c(O)n(Cc3ccc(Cl)nc3)c3cccc[n+]23)nc1. The average molecular weight is 395 g/mol. The molecule has 4 heterocycles. The fourth-order valence-electron chi connectivity index (χ4n) is 2.95. The molecule has 0 atom stereocenters. The summed E-state index contributed by atoms with van der Waals surface area (Å²) in [6.07, 6.45) is 5.03. The summed E-state index contributed by atoms with van der Waals surface area (Å²) in [5, 5.41) is 14.0.